The fourth-order valence-electron chi connectivity index (χ4n) is 4.21. The van der Waals surface area contributed by atoms with E-state index in [0.717, 1.165) is 18.0 Å². The lowest BCUT2D eigenvalue weighted by Crippen LogP contribution is -2.48. The van der Waals surface area contributed by atoms with Gasteiger partial charge in [-0.15, -0.1) is 0 Å². The predicted molar refractivity (Wildman–Crippen MR) is 125 cm³/mol. The van der Waals surface area contributed by atoms with E-state index in [9.17, 15) is 13.2 Å². The number of aromatic nitrogens is 1. The van der Waals surface area contributed by atoms with E-state index in [1.54, 1.807) is 17.2 Å². The number of amides is 1. The Labute approximate surface area is 198 Å². The zero-order valence-electron chi connectivity index (χ0n) is 18.5. The highest BCUT2D eigenvalue weighted by Gasteiger charge is 2.28. The Hall–Kier alpha value is -2.68. The first kappa shape index (κ1) is 23.5. The molecule has 0 atom stereocenters. The minimum absolute atomic E-state index is 0.0343. The molecular weight excluding hydrogens is 462 g/mol. The lowest BCUT2D eigenvalue weighted by molar-refractivity contribution is 0.0741. The standard InChI is InChI=1S/C22H27N5O4S2/c1-24-33(29,30)18-6-7-20(31-15-16-4-2-3-5-16)19(12-18)21(28)26-8-10-27(11-9-26)22-25-14-17(13-23)32-22/h6-7,12,14,16,24H,2-5,8-11,15H2,1H3. The summed E-state index contributed by atoms with van der Waals surface area (Å²) in [5, 5.41) is 9.78. The molecule has 2 aromatic rings. The number of hydrogen-bond acceptors (Lipinski definition) is 8. The maximum atomic E-state index is 13.4. The van der Waals surface area contributed by atoms with Crippen molar-refractivity contribution in [2.24, 2.45) is 5.92 Å². The Bertz CT molecular complexity index is 1140. The van der Waals surface area contributed by atoms with E-state index < -0.39 is 10.0 Å². The lowest BCUT2D eigenvalue weighted by atomic mass is 10.1. The fraction of sp³-hybridized carbons (Fsp3) is 0.500. The number of ether oxygens (including phenoxy) is 1. The minimum atomic E-state index is -3.70. The van der Waals surface area contributed by atoms with Crippen molar-refractivity contribution in [1.82, 2.24) is 14.6 Å². The predicted octanol–water partition coefficient (Wildman–Crippen LogP) is 2.45. The van der Waals surface area contributed by atoms with Gasteiger partial charge in [-0.05, 0) is 44.0 Å². The molecule has 1 saturated carbocycles. The summed E-state index contributed by atoms with van der Waals surface area (Å²) in [7, 11) is -2.35. The monoisotopic (exact) mass is 489 g/mol. The summed E-state index contributed by atoms with van der Waals surface area (Å²) in [4.78, 5) is 22.1. The van der Waals surface area contributed by atoms with Gasteiger partial charge in [0, 0.05) is 26.2 Å². The molecule has 0 radical (unpaired) electrons. The van der Waals surface area contributed by atoms with Gasteiger partial charge in [-0.1, -0.05) is 24.2 Å². The average Bonchev–Trinajstić information content (AvgIpc) is 3.54. The molecule has 176 valence electrons. The van der Waals surface area contributed by atoms with Crippen LogP contribution >= 0.6 is 11.3 Å². The first-order chi connectivity index (χ1) is 15.9. The molecule has 0 bridgehead atoms. The van der Waals surface area contributed by atoms with Crippen molar-refractivity contribution in [3.8, 4) is 11.8 Å². The Morgan fingerprint density at radius 1 is 1.27 bits per heavy atom. The maximum absolute atomic E-state index is 13.4. The van der Waals surface area contributed by atoms with Crippen LogP contribution < -0.4 is 14.4 Å². The van der Waals surface area contributed by atoms with Crippen LogP contribution in [0.5, 0.6) is 5.75 Å². The molecule has 1 saturated heterocycles. The number of carbonyl (C=O) groups excluding carboxylic acids is 1. The second kappa shape index (κ2) is 10.1. The Morgan fingerprint density at radius 3 is 2.64 bits per heavy atom. The first-order valence-corrected chi connectivity index (χ1v) is 13.3. The molecule has 11 heteroatoms. The summed E-state index contributed by atoms with van der Waals surface area (Å²) < 4.78 is 33.0. The van der Waals surface area contributed by atoms with E-state index in [2.05, 4.69) is 20.7 Å². The van der Waals surface area contributed by atoms with Crippen LogP contribution in [0.3, 0.4) is 0 Å². The summed E-state index contributed by atoms with van der Waals surface area (Å²) in [6, 6.07) is 6.56. The van der Waals surface area contributed by atoms with Gasteiger partial charge in [0.1, 0.15) is 16.7 Å². The number of nitrogens with zero attached hydrogens (tertiary/aromatic N) is 4. The van der Waals surface area contributed by atoms with Gasteiger partial charge in [0.2, 0.25) is 10.0 Å². The van der Waals surface area contributed by atoms with Crippen molar-refractivity contribution in [3.63, 3.8) is 0 Å². The largest absolute Gasteiger partial charge is 0.492 e. The van der Waals surface area contributed by atoms with Crippen molar-refractivity contribution >= 4 is 32.4 Å². The van der Waals surface area contributed by atoms with Crippen molar-refractivity contribution in [2.45, 2.75) is 30.6 Å². The van der Waals surface area contributed by atoms with Crippen LogP contribution in [0.4, 0.5) is 5.13 Å². The number of rotatable bonds is 7. The molecule has 33 heavy (non-hydrogen) atoms. The van der Waals surface area contributed by atoms with E-state index in [4.69, 9.17) is 10.00 Å². The first-order valence-electron chi connectivity index (χ1n) is 11.0. The van der Waals surface area contributed by atoms with Gasteiger partial charge < -0.3 is 14.5 Å². The number of nitriles is 1. The van der Waals surface area contributed by atoms with Crippen LogP contribution in [-0.4, -0.2) is 64.0 Å². The summed E-state index contributed by atoms with van der Waals surface area (Å²) >= 11 is 1.33. The van der Waals surface area contributed by atoms with Gasteiger partial charge in [0.05, 0.1) is 23.3 Å². The molecule has 1 aliphatic carbocycles. The lowest BCUT2D eigenvalue weighted by Gasteiger charge is -2.34. The third-order valence-corrected chi connectivity index (χ3v) is 8.53. The number of thiazole rings is 1. The second-order valence-corrected chi connectivity index (χ2v) is 11.1. The van der Waals surface area contributed by atoms with Gasteiger partial charge in [0.25, 0.3) is 5.91 Å². The van der Waals surface area contributed by atoms with E-state index in [-0.39, 0.29) is 16.4 Å². The van der Waals surface area contributed by atoms with Crippen molar-refractivity contribution in [1.29, 1.82) is 5.26 Å². The Kier molecular flexibility index (Phi) is 7.17. The third kappa shape index (κ3) is 5.29. The zero-order chi connectivity index (χ0) is 23.4. The maximum Gasteiger partial charge on any atom is 0.257 e. The molecule has 1 amide bonds. The van der Waals surface area contributed by atoms with Gasteiger partial charge in [-0.2, -0.15) is 5.26 Å². The summed E-state index contributed by atoms with van der Waals surface area (Å²) in [6.07, 6.45) is 6.17. The van der Waals surface area contributed by atoms with Crippen LogP contribution in [0.15, 0.2) is 29.3 Å². The number of anilines is 1. The molecule has 2 fully saturated rings. The molecule has 0 spiro atoms. The van der Waals surface area contributed by atoms with Crippen LogP contribution in [0.1, 0.15) is 40.9 Å². The normalized spacial score (nSPS) is 17.2. The SMILES string of the molecule is CNS(=O)(=O)c1ccc(OCC2CCCC2)c(C(=O)N2CCN(c3ncc(C#N)s3)CC2)c1. The molecule has 1 aromatic carbocycles. The third-order valence-electron chi connectivity index (χ3n) is 6.15. The smallest absolute Gasteiger partial charge is 0.257 e. The van der Waals surface area contributed by atoms with Crippen molar-refractivity contribution in [2.75, 3.05) is 44.7 Å². The van der Waals surface area contributed by atoms with E-state index in [1.165, 1.54) is 43.4 Å². The second-order valence-electron chi connectivity index (χ2n) is 8.23. The van der Waals surface area contributed by atoms with Crippen molar-refractivity contribution in [3.05, 3.63) is 34.8 Å². The highest BCUT2D eigenvalue weighted by Crippen LogP contribution is 2.29. The van der Waals surface area contributed by atoms with Crippen LogP contribution in [0.25, 0.3) is 0 Å². The number of carbonyl (C=O) groups is 1. The van der Waals surface area contributed by atoms with Crippen LogP contribution in [0.2, 0.25) is 0 Å². The summed E-state index contributed by atoms with van der Waals surface area (Å²) in [6.45, 7) is 2.61. The molecule has 1 aliphatic heterocycles. The zero-order valence-corrected chi connectivity index (χ0v) is 20.1. The molecule has 1 N–H and O–H groups in total. The van der Waals surface area contributed by atoms with Gasteiger partial charge in [-0.25, -0.2) is 18.1 Å². The van der Waals surface area contributed by atoms with Crippen LogP contribution in [0, 0.1) is 17.2 Å². The molecule has 4 rings (SSSR count). The molecule has 0 unspecified atom stereocenters. The minimum Gasteiger partial charge on any atom is -0.492 e. The van der Waals surface area contributed by atoms with Crippen LogP contribution in [-0.2, 0) is 10.0 Å². The molecule has 2 heterocycles. The number of benzene rings is 1. The number of sulfonamides is 1. The Balaban J connectivity index is 1.51. The number of nitrogens with one attached hydrogen (secondary N) is 1. The topological polar surface area (TPSA) is 116 Å². The number of hydrogen-bond donors (Lipinski definition) is 1. The van der Waals surface area contributed by atoms with E-state index >= 15 is 0 Å². The molecule has 9 nitrogen and oxygen atoms in total. The highest BCUT2D eigenvalue weighted by atomic mass is 32.2. The molecule has 1 aromatic heterocycles. The van der Waals surface area contributed by atoms with Gasteiger partial charge in [0.15, 0.2) is 5.13 Å². The summed E-state index contributed by atoms with van der Waals surface area (Å²) in [5.41, 5.74) is 0.263. The van der Waals surface area contributed by atoms with E-state index in [1.807, 2.05) is 0 Å². The molecule has 2 aliphatic rings. The molecular formula is C22H27N5O4S2. The Morgan fingerprint density at radius 2 is 2.00 bits per heavy atom. The highest BCUT2D eigenvalue weighted by molar-refractivity contribution is 7.89. The van der Waals surface area contributed by atoms with E-state index in [0.29, 0.717) is 49.3 Å². The van der Waals surface area contributed by atoms with Gasteiger partial charge in [-0.3, -0.25) is 4.79 Å². The van der Waals surface area contributed by atoms with Gasteiger partial charge >= 0.3 is 0 Å². The fourth-order valence-corrected chi connectivity index (χ4v) is 5.73. The number of piperazine rings is 1. The average molecular weight is 490 g/mol. The summed E-state index contributed by atoms with van der Waals surface area (Å²) in [5.74, 6) is 0.637. The van der Waals surface area contributed by atoms with Crippen molar-refractivity contribution < 1.29 is 17.9 Å². The quantitative estimate of drug-likeness (QED) is 0.635.